The van der Waals surface area contributed by atoms with E-state index in [9.17, 15) is 4.79 Å². The van der Waals surface area contributed by atoms with Crippen molar-refractivity contribution in [2.75, 3.05) is 4.90 Å². The molecular formula is C22H21N3OS. The maximum Gasteiger partial charge on any atom is 0.230 e. The molecule has 27 heavy (non-hydrogen) atoms. The Balaban J connectivity index is 1.40. The first-order chi connectivity index (χ1) is 13.2. The first-order valence-corrected chi connectivity index (χ1v) is 10.3. The van der Waals surface area contributed by atoms with Crippen molar-refractivity contribution in [2.24, 2.45) is 5.92 Å². The first kappa shape index (κ1) is 16.6. The van der Waals surface area contributed by atoms with Crippen LogP contribution in [-0.4, -0.2) is 21.9 Å². The van der Waals surface area contributed by atoms with Gasteiger partial charge in [0.2, 0.25) is 5.91 Å². The number of nitrogens with zero attached hydrogens (tertiary/aromatic N) is 3. The Labute approximate surface area is 162 Å². The third-order valence-electron chi connectivity index (χ3n) is 5.66. The monoisotopic (exact) mass is 375 g/mol. The number of pyridine rings is 1. The maximum absolute atomic E-state index is 13.4. The highest BCUT2D eigenvalue weighted by Gasteiger charge is 2.36. The number of benzene rings is 1. The molecule has 0 radical (unpaired) electrons. The van der Waals surface area contributed by atoms with Crippen LogP contribution in [0.4, 0.5) is 5.69 Å². The van der Waals surface area contributed by atoms with Crippen LogP contribution < -0.4 is 4.90 Å². The lowest BCUT2D eigenvalue weighted by Gasteiger charge is -2.29. The Morgan fingerprint density at radius 2 is 1.96 bits per heavy atom. The van der Waals surface area contributed by atoms with Crippen LogP contribution in [0.3, 0.4) is 0 Å². The number of fused-ring (bicyclic) bond motifs is 2. The van der Waals surface area contributed by atoms with Gasteiger partial charge < -0.3 is 4.90 Å². The second-order valence-electron chi connectivity index (χ2n) is 7.45. The van der Waals surface area contributed by atoms with Gasteiger partial charge in [-0.1, -0.05) is 18.2 Å². The van der Waals surface area contributed by atoms with Crippen molar-refractivity contribution < 1.29 is 4.79 Å². The number of rotatable bonds is 2. The van der Waals surface area contributed by atoms with Crippen LogP contribution in [0.2, 0.25) is 0 Å². The van der Waals surface area contributed by atoms with Gasteiger partial charge in [-0.25, -0.2) is 4.98 Å². The van der Waals surface area contributed by atoms with Crippen LogP contribution in [0.5, 0.6) is 0 Å². The molecule has 3 aromatic rings. The smallest absolute Gasteiger partial charge is 0.230 e. The minimum atomic E-state index is 0.0526. The van der Waals surface area contributed by atoms with E-state index in [1.807, 2.05) is 23.1 Å². The minimum absolute atomic E-state index is 0.0526. The Hall–Kier alpha value is -2.53. The van der Waals surface area contributed by atoms with Gasteiger partial charge in [0.25, 0.3) is 0 Å². The summed E-state index contributed by atoms with van der Waals surface area (Å²) in [5, 5.41) is 1.04. The summed E-state index contributed by atoms with van der Waals surface area (Å²) in [5.41, 5.74) is 4.66. The number of hydrogen-bond donors (Lipinski definition) is 0. The van der Waals surface area contributed by atoms with E-state index in [0.29, 0.717) is 0 Å². The van der Waals surface area contributed by atoms with Gasteiger partial charge in [0.05, 0.1) is 5.69 Å². The minimum Gasteiger partial charge on any atom is -0.309 e. The zero-order valence-electron chi connectivity index (χ0n) is 15.3. The number of amides is 1. The summed E-state index contributed by atoms with van der Waals surface area (Å²) < 4.78 is 0. The number of aromatic nitrogens is 2. The fraction of sp³-hybridized carbons (Fsp3) is 0.318. The maximum atomic E-state index is 13.4. The normalized spacial score (nSPS) is 21.0. The number of carbonyl (C=O) groups excluding carboxylic acids is 1. The molecule has 0 saturated heterocycles. The molecule has 2 aliphatic rings. The highest BCUT2D eigenvalue weighted by Crippen LogP contribution is 2.38. The van der Waals surface area contributed by atoms with E-state index in [0.717, 1.165) is 41.9 Å². The average Bonchev–Trinajstić information content (AvgIpc) is 3.27. The lowest BCUT2D eigenvalue weighted by Crippen LogP contribution is -2.41. The summed E-state index contributed by atoms with van der Waals surface area (Å²) in [5.74, 6) is 0.328. The molecular weight excluding hydrogens is 354 g/mol. The first-order valence-electron chi connectivity index (χ1n) is 9.50. The second kappa shape index (κ2) is 6.57. The molecule has 0 bridgehead atoms. The summed E-state index contributed by atoms with van der Waals surface area (Å²) >= 11 is 1.73. The highest BCUT2D eigenvalue weighted by atomic mass is 32.1. The van der Waals surface area contributed by atoms with Gasteiger partial charge in [0, 0.05) is 40.5 Å². The number of carbonyl (C=O) groups is 1. The second-order valence-corrected chi connectivity index (χ2v) is 8.54. The van der Waals surface area contributed by atoms with Gasteiger partial charge in [0.1, 0.15) is 5.01 Å². The molecule has 136 valence electrons. The van der Waals surface area contributed by atoms with E-state index in [1.54, 1.807) is 23.7 Å². The summed E-state index contributed by atoms with van der Waals surface area (Å²) in [6.07, 6.45) is 7.13. The van der Waals surface area contributed by atoms with Gasteiger partial charge in [-0.15, -0.1) is 11.3 Å². The molecule has 0 saturated carbocycles. The Kier molecular flexibility index (Phi) is 4.05. The van der Waals surface area contributed by atoms with Crippen LogP contribution >= 0.6 is 11.3 Å². The zero-order valence-corrected chi connectivity index (χ0v) is 16.1. The molecule has 3 heterocycles. The lowest BCUT2D eigenvalue weighted by molar-refractivity contribution is -0.123. The fourth-order valence-electron chi connectivity index (χ4n) is 4.30. The topological polar surface area (TPSA) is 46.1 Å². The molecule has 0 spiro atoms. The van der Waals surface area contributed by atoms with Gasteiger partial charge in [-0.05, 0) is 56.4 Å². The summed E-state index contributed by atoms with van der Waals surface area (Å²) in [4.78, 5) is 25.6. The van der Waals surface area contributed by atoms with Crippen molar-refractivity contribution in [2.45, 2.75) is 38.6 Å². The largest absolute Gasteiger partial charge is 0.309 e. The SMILES string of the molecule is CC1Cc2ccccc2N1C(=O)C1CCc2nc(-c3ccncc3)sc2C1. The third-order valence-corrected chi connectivity index (χ3v) is 6.83. The molecule has 2 unspecified atom stereocenters. The number of anilines is 1. The molecule has 5 heteroatoms. The predicted octanol–water partition coefficient (Wildman–Crippen LogP) is 4.29. The van der Waals surface area contributed by atoms with Gasteiger partial charge in [0.15, 0.2) is 0 Å². The van der Waals surface area contributed by atoms with Crippen molar-refractivity contribution in [3.63, 3.8) is 0 Å². The molecule has 0 fully saturated rings. The number of aryl methyl sites for hydroxylation is 1. The van der Waals surface area contributed by atoms with E-state index >= 15 is 0 Å². The lowest BCUT2D eigenvalue weighted by atomic mass is 9.89. The molecule has 0 N–H and O–H groups in total. The average molecular weight is 375 g/mol. The molecule has 2 atom stereocenters. The van der Waals surface area contributed by atoms with Crippen molar-refractivity contribution in [1.29, 1.82) is 0 Å². The highest BCUT2D eigenvalue weighted by molar-refractivity contribution is 7.15. The van der Waals surface area contributed by atoms with E-state index in [4.69, 9.17) is 4.98 Å². The zero-order chi connectivity index (χ0) is 18.4. The van der Waals surface area contributed by atoms with E-state index in [-0.39, 0.29) is 17.9 Å². The Bertz CT molecular complexity index is 998. The van der Waals surface area contributed by atoms with Crippen LogP contribution in [-0.2, 0) is 24.1 Å². The molecule has 1 aliphatic heterocycles. The Morgan fingerprint density at radius 3 is 2.81 bits per heavy atom. The van der Waals surface area contributed by atoms with Crippen LogP contribution in [0.25, 0.3) is 10.6 Å². The Morgan fingerprint density at radius 1 is 1.15 bits per heavy atom. The van der Waals surface area contributed by atoms with Crippen molar-refractivity contribution >= 4 is 22.9 Å². The van der Waals surface area contributed by atoms with Crippen LogP contribution in [0.1, 0.15) is 29.5 Å². The summed E-state index contributed by atoms with van der Waals surface area (Å²) in [7, 11) is 0. The van der Waals surface area contributed by atoms with Crippen molar-refractivity contribution in [3.8, 4) is 10.6 Å². The summed E-state index contributed by atoms with van der Waals surface area (Å²) in [6, 6.07) is 12.5. The van der Waals surface area contributed by atoms with Crippen LogP contribution in [0, 0.1) is 5.92 Å². The fourth-order valence-corrected chi connectivity index (χ4v) is 5.49. The number of thiazole rings is 1. The predicted molar refractivity (Wildman–Crippen MR) is 108 cm³/mol. The van der Waals surface area contributed by atoms with Gasteiger partial charge in [-0.2, -0.15) is 0 Å². The quantitative estimate of drug-likeness (QED) is 0.671. The summed E-state index contributed by atoms with van der Waals surface area (Å²) in [6.45, 7) is 2.15. The van der Waals surface area contributed by atoms with E-state index in [1.165, 1.54) is 16.1 Å². The molecule has 4 nitrogen and oxygen atoms in total. The van der Waals surface area contributed by atoms with E-state index in [2.05, 4.69) is 30.1 Å². The molecule has 1 aromatic carbocycles. The molecule has 2 aromatic heterocycles. The van der Waals surface area contributed by atoms with Gasteiger partial charge in [-0.3, -0.25) is 9.78 Å². The number of hydrogen-bond acceptors (Lipinski definition) is 4. The van der Waals surface area contributed by atoms with Gasteiger partial charge >= 0.3 is 0 Å². The van der Waals surface area contributed by atoms with Crippen molar-refractivity contribution in [3.05, 3.63) is 64.9 Å². The molecule has 1 aliphatic carbocycles. The molecule has 5 rings (SSSR count). The van der Waals surface area contributed by atoms with Crippen LogP contribution in [0.15, 0.2) is 48.8 Å². The van der Waals surface area contributed by atoms with E-state index < -0.39 is 0 Å². The molecule has 1 amide bonds. The standard InChI is InChI=1S/C22H21N3OS/c1-14-12-16-4-2-3-5-19(16)25(14)22(26)17-6-7-18-20(13-17)27-21(24-18)15-8-10-23-11-9-15/h2-5,8-11,14,17H,6-7,12-13H2,1H3. The third kappa shape index (κ3) is 2.86. The number of para-hydroxylation sites is 1. The van der Waals surface area contributed by atoms with Crippen molar-refractivity contribution in [1.82, 2.24) is 9.97 Å².